The number of aryl methyl sites for hydroxylation is 1. The Hall–Kier alpha value is -2.05. The van der Waals surface area contributed by atoms with E-state index in [2.05, 4.69) is 20.9 Å². The number of nitrogens with one attached hydrogen (secondary N) is 3. The van der Waals surface area contributed by atoms with Crippen molar-refractivity contribution in [3.05, 3.63) is 11.9 Å². The van der Waals surface area contributed by atoms with Crippen molar-refractivity contribution in [1.82, 2.24) is 20.2 Å². The van der Waals surface area contributed by atoms with E-state index in [0.717, 1.165) is 25.5 Å². The Kier molecular flexibility index (Phi) is 3.81. The fourth-order valence-corrected chi connectivity index (χ4v) is 1.79. The van der Waals surface area contributed by atoms with Gasteiger partial charge in [0.15, 0.2) is 0 Å². The fraction of sp³-hybridized carbons (Fsp3) is 0.545. The predicted octanol–water partition coefficient (Wildman–Crippen LogP) is -0.435. The zero-order chi connectivity index (χ0) is 13.0. The maximum Gasteiger partial charge on any atom is 0.271 e. The fourth-order valence-electron chi connectivity index (χ4n) is 1.79. The lowest BCUT2D eigenvalue weighted by Gasteiger charge is -2.14. The quantitative estimate of drug-likeness (QED) is 0.677. The highest BCUT2D eigenvalue weighted by molar-refractivity contribution is 5.92. The monoisotopic (exact) mass is 251 g/mol. The summed E-state index contributed by atoms with van der Waals surface area (Å²) >= 11 is 0. The van der Waals surface area contributed by atoms with E-state index in [-0.39, 0.29) is 18.2 Å². The van der Waals surface area contributed by atoms with Gasteiger partial charge in [-0.1, -0.05) is 0 Å². The van der Waals surface area contributed by atoms with Crippen molar-refractivity contribution in [3.63, 3.8) is 0 Å². The molecule has 1 aromatic rings. The van der Waals surface area contributed by atoms with Crippen LogP contribution in [0.4, 0.5) is 5.95 Å². The van der Waals surface area contributed by atoms with Crippen molar-refractivity contribution in [3.8, 4) is 0 Å². The number of fused-ring (bicyclic) bond motifs is 1. The minimum Gasteiger partial charge on any atom is -0.359 e. The van der Waals surface area contributed by atoms with E-state index in [1.54, 1.807) is 13.2 Å². The van der Waals surface area contributed by atoms with Crippen molar-refractivity contribution in [2.75, 3.05) is 25.5 Å². The Bertz CT molecular complexity index is 431. The molecule has 0 aromatic carbocycles. The van der Waals surface area contributed by atoms with Crippen molar-refractivity contribution in [1.29, 1.82) is 0 Å². The molecule has 1 aliphatic heterocycles. The summed E-state index contributed by atoms with van der Waals surface area (Å²) in [6, 6.07) is 0. The van der Waals surface area contributed by atoms with Gasteiger partial charge in [-0.05, 0) is 6.42 Å². The van der Waals surface area contributed by atoms with E-state index in [0.29, 0.717) is 12.2 Å². The van der Waals surface area contributed by atoms with Crippen molar-refractivity contribution >= 4 is 17.8 Å². The minimum absolute atomic E-state index is 0.0962. The molecule has 7 nitrogen and oxygen atoms in total. The van der Waals surface area contributed by atoms with E-state index in [4.69, 9.17) is 0 Å². The van der Waals surface area contributed by atoms with Crippen LogP contribution in [0.3, 0.4) is 0 Å². The van der Waals surface area contributed by atoms with Crippen molar-refractivity contribution < 1.29 is 9.59 Å². The number of hydrogen-bond donors (Lipinski definition) is 3. The lowest BCUT2D eigenvalue weighted by Crippen LogP contribution is -2.29. The number of carbonyl (C=O) groups is 2. The molecule has 0 saturated heterocycles. The zero-order valence-corrected chi connectivity index (χ0v) is 10.3. The molecule has 3 N–H and O–H groups in total. The molecule has 18 heavy (non-hydrogen) atoms. The molecule has 0 saturated carbocycles. The van der Waals surface area contributed by atoms with E-state index >= 15 is 0 Å². The first kappa shape index (κ1) is 12.4. The van der Waals surface area contributed by atoms with Crippen LogP contribution in [0.2, 0.25) is 0 Å². The van der Waals surface area contributed by atoms with Crippen LogP contribution < -0.4 is 16.0 Å². The van der Waals surface area contributed by atoms with Gasteiger partial charge in [0.2, 0.25) is 11.9 Å². The Morgan fingerprint density at radius 2 is 2.39 bits per heavy atom. The van der Waals surface area contributed by atoms with Gasteiger partial charge in [-0.15, -0.1) is 0 Å². The van der Waals surface area contributed by atoms with Gasteiger partial charge in [0.05, 0.1) is 0 Å². The molecule has 0 aliphatic carbocycles. The molecule has 0 bridgehead atoms. The van der Waals surface area contributed by atoms with Gasteiger partial charge in [-0.2, -0.15) is 0 Å². The summed E-state index contributed by atoms with van der Waals surface area (Å²) in [6.07, 6.45) is 3.03. The van der Waals surface area contributed by atoms with E-state index < -0.39 is 0 Å². The zero-order valence-electron chi connectivity index (χ0n) is 10.3. The lowest BCUT2D eigenvalue weighted by molar-refractivity contribution is -0.120. The highest BCUT2D eigenvalue weighted by atomic mass is 16.2. The summed E-state index contributed by atoms with van der Waals surface area (Å²) < 4.78 is 1.93. The first-order valence-corrected chi connectivity index (χ1v) is 6.00. The van der Waals surface area contributed by atoms with E-state index in [1.807, 2.05) is 4.57 Å². The van der Waals surface area contributed by atoms with Gasteiger partial charge >= 0.3 is 0 Å². The van der Waals surface area contributed by atoms with Crippen LogP contribution in [0.1, 0.15) is 23.3 Å². The number of carbonyl (C=O) groups excluding carboxylic acids is 2. The smallest absolute Gasteiger partial charge is 0.271 e. The minimum atomic E-state index is -0.248. The molecule has 1 aromatic heterocycles. The van der Waals surface area contributed by atoms with Crippen LogP contribution in [0.25, 0.3) is 0 Å². The number of amides is 2. The maximum absolute atomic E-state index is 11.8. The van der Waals surface area contributed by atoms with Gasteiger partial charge in [0, 0.05) is 39.3 Å². The van der Waals surface area contributed by atoms with Crippen LogP contribution in [-0.4, -0.2) is 41.5 Å². The average Bonchev–Trinajstić information content (AvgIpc) is 2.82. The number of hydrogen-bond acceptors (Lipinski definition) is 4. The van der Waals surface area contributed by atoms with Crippen LogP contribution in [0.15, 0.2) is 6.20 Å². The molecule has 98 valence electrons. The van der Waals surface area contributed by atoms with E-state index in [9.17, 15) is 9.59 Å². The summed E-state index contributed by atoms with van der Waals surface area (Å²) in [6.45, 7) is 2.07. The molecule has 2 amide bonds. The van der Waals surface area contributed by atoms with Gasteiger partial charge < -0.3 is 20.5 Å². The second kappa shape index (κ2) is 5.52. The molecule has 0 spiro atoms. The molecule has 7 heteroatoms. The normalized spacial score (nSPS) is 13.4. The van der Waals surface area contributed by atoms with Gasteiger partial charge in [0.25, 0.3) is 5.91 Å². The Labute approximate surface area is 105 Å². The average molecular weight is 251 g/mol. The molecule has 0 radical (unpaired) electrons. The molecule has 0 unspecified atom stereocenters. The third-order valence-corrected chi connectivity index (χ3v) is 2.78. The maximum atomic E-state index is 11.8. The second-order valence-corrected chi connectivity index (χ2v) is 4.10. The van der Waals surface area contributed by atoms with Crippen LogP contribution in [-0.2, 0) is 11.3 Å². The summed E-state index contributed by atoms with van der Waals surface area (Å²) in [7, 11) is 1.57. The molecular formula is C11H17N5O2. The third kappa shape index (κ3) is 2.79. The first-order chi connectivity index (χ1) is 8.70. The summed E-state index contributed by atoms with van der Waals surface area (Å²) in [5.41, 5.74) is 0.385. The highest BCUT2D eigenvalue weighted by Crippen LogP contribution is 2.13. The number of aromatic nitrogens is 2. The topological polar surface area (TPSA) is 88.1 Å². The molecular weight excluding hydrogens is 234 g/mol. The standard InChI is InChI=1S/C11H17N5O2/c1-12-9(17)3-5-13-10(18)8-7-16-6-2-4-14-11(16)15-8/h7H,2-6H2,1H3,(H,12,17)(H,13,18)(H,14,15). The highest BCUT2D eigenvalue weighted by Gasteiger charge is 2.16. The lowest BCUT2D eigenvalue weighted by atomic mass is 10.3. The second-order valence-electron chi connectivity index (χ2n) is 4.10. The van der Waals surface area contributed by atoms with E-state index in [1.165, 1.54) is 0 Å². The Balaban J connectivity index is 1.89. The van der Waals surface area contributed by atoms with Gasteiger partial charge in [-0.25, -0.2) is 4.98 Å². The molecule has 0 fully saturated rings. The number of anilines is 1. The van der Waals surface area contributed by atoms with Gasteiger partial charge in [-0.3, -0.25) is 9.59 Å². The Morgan fingerprint density at radius 1 is 1.56 bits per heavy atom. The molecule has 1 aliphatic rings. The van der Waals surface area contributed by atoms with Crippen LogP contribution in [0.5, 0.6) is 0 Å². The van der Waals surface area contributed by atoms with Crippen molar-refractivity contribution in [2.24, 2.45) is 0 Å². The third-order valence-electron chi connectivity index (χ3n) is 2.78. The molecule has 0 atom stereocenters. The van der Waals surface area contributed by atoms with Crippen molar-refractivity contribution in [2.45, 2.75) is 19.4 Å². The Morgan fingerprint density at radius 3 is 3.11 bits per heavy atom. The molecule has 2 rings (SSSR count). The SMILES string of the molecule is CNC(=O)CCNC(=O)c1cn2c(n1)NCCC2. The van der Waals surface area contributed by atoms with Crippen LogP contribution in [0, 0.1) is 0 Å². The number of nitrogens with zero attached hydrogens (tertiary/aromatic N) is 2. The number of imidazole rings is 1. The summed E-state index contributed by atoms with van der Waals surface area (Å²) in [4.78, 5) is 27.0. The summed E-state index contributed by atoms with van der Waals surface area (Å²) in [5.74, 6) is 0.390. The largest absolute Gasteiger partial charge is 0.359 e. The summed E-state index contributed by atoms with van der Waals surface area (Å²) in [5, 5.41) is 8.30. The van der Waals surface area contributed by atoms with Gasteiger partial charge in [0.1, 0.15) is 5.69 Å². The molecule has 2 heterocycles. The predicted molar refractivity (Wildman–Crippen MR) is 66.4 cm³/mol. The number of rotatable bonds is 4. The first-order valence-electron chi connectivity index (χ1n) is 6.00. The van der Waals surface area contributed by atoms with Crippen LogP contribution >= 0.6 is 0 Å².